The first-order chi connectivity index (χ1) is 11.2. The number of carbonyl (C=O) groups is 1. The van der Waals surface area contributed by atoms with Crippen LogP contribution in [0.15, 0.2) is 18.3 Å². The van der Waals surface area contributed by atoms with E-state index in [0.717, 1.165) is 26.2 Å². The summed E-state index contributed by atoms with van der Waals surface area (Å²) in [5, 5.41) is 3.08. The van der Waals surface area contributed by atoms with Crippen molar-refractivity contribution in [1.82, 2.24) is 15.2 Å². The average Bonchev–Trinajstić information content (AvgIpc) is 3.15. The molecule has 2 fully saturated rings. The van der Waals surface area contributed by atoms with Gasteiger partial charge in [0.2, 0.25) is 5.91 Å². The van der Waals surface area contributed by atoms with Crippen molar-refractivity contribution >= 4 is 5.91 Å². The molecule has 128 valence electrons. The van der Waals surface area contributed by atoms with Crippen molar-refractivity contribution in [3.8, 4) is 0 Å². The molecular formula is C18H29N3O2. The minimum absolute atomic E-state index is 0.00118. The van der Waals surface area contributed by atoms with Gasteiger partial charge in [0.25, 0.3) is 0 Å². The second kappa shape index (κ2) is 7.49. The molecule has 1 aromatic heterocycles. The number of nitrogens with one attached hydrogen (secondary N) is 2. The molecule has 2 heterocycles. The number of methoxy groups -OCH3 is 1. The molecule has 1 aromatic rings. The molecule has 1 atom stereocenters. The van der Waals surface area contributed by atoms with E-state index in [2.05, 4.69) is 27.3 Å². The maximum Gasteiger partial charge on any atom is 0.245 e. The van der Waals surface area contributed by atoms with Crippen LogP contribution in [0.4, 0.5) is 0 Å². The minimum atomic E-state index is 0.00118. The third-order valence-corrected chi connectivity index (χ3v) is 5.61. The van der Waals surface area contributed by atoms with Crippen molar-refractivity contribution in [3.05, 3.63) is 24.0 Å². The minimum Gasteiger partial charge on any atom is -0.375 e. The summed E-state index contributed by atoms with van der Waals surface area (Å²) in [5.41, 5.74) is 1.67. The molecule has 1 unspecified atom stereocenters. The lowest BCUT2D eigenvalue weighted by atomic mass is 9.67. The third-order valence-electron chi connectivity index (χ3n) is 5.61. The number of ether oxygens (including phenoxy) is 1. The molecule has 0 aromatic carbocycles. The fourth-order valence-corrected chi connectivity index (χ4v) is 4.49. The Morgan fingerprint density at radius 1 is 1.43 bits per heavy atom. The Hall–Kier alpha value is -1.33. The first-order valence-corrected chi connectivity index (χ1v) is 8.82. The van der Waals surface area contributed by atoms with Crippen molar-refractivity contribution in [2.24, 2.45) is 11.3 Å². The molecule has 1 spiro atoms. The maximum atomic E-state index is 11.8. The van der Waals surface area contributed by atoms with Crippen molar-refractivity contribution in [1.29, 1.82) is 0 Å². The van der Waals surface area contributed by atoms with E-state index in [1.54, 1.807) is 7.11 Å². The van der Waals surface area contributed by atoms with E-state index in [9.17, 15) is 4.79 Å². The van der Waals surface area contributed by atoms with Crippen molar-refractivity contribution in [3.63, 3.8) is 0 Å². The van der Waals surface area contributed by atoms with Gasteiger partial charge in [0, 0.05) is 45.2 Å². The Balaban J connectivity index is 1.63. The smallest absolute Gasteiger partial charge is 0.245 e. The highest BCUT2D eigenvalue weighted by Crippen LogP contribution is 2.47. The number of amides is 1. The van der Waals surface area contributed by atoms with Crippen molar-refractivity contribution < 1.29 is 9.53 Å². The molecule has 2 N–H and O–H groups in total. The number of nitrogens with zero attached hydrogens (tertiary/aromatic N) is 1. The number of aromatic amines is 1. The van der Waals surface area contributed by atoms with E-state index in [1.807, 2.05) is 6.20 Å². The number of carbonyl (C=O) groups excluding carboxylic acids is 1. The Morgan fingerprint density at radius 2 is 2.26 bits per heavy atom. The van der Waals surface area contributed by atoms with Gasteiger partial charge in [0.1, 0.15) is 6.61 Å². The first-order valence-electron chi connectivity index (χ1n) is 8.82. The largest absolute Gasteiger partial charge is 0.375 e. The van der Waals surface area contributed by atoms with Crippen LogP contribution >= 0.6 is 0 Å². The van der Waals surface area contributed by atoms with Crippen LogP contribution in [0.2, 0.25) is 0 Å². The van der Waals surface area contributed by atoms with Crippen molar-refractivity contribution in [2.45, 2.75) is 38.6 Å². The van der Waals surface area contributed by atoms with Gasteiger partial charge in [-0.25, -0.2) is 0 Å². The van der Waals surface area contributed by atoms with Gasteiger partial charge in [-0.1, -0.05) is 19.3 Å². The molecule has 1 amide bonds. The zero-order valence-electron chi connectivity index (χ0n) is 14.1. The summed E-state index contributed by atoms with van der Waals surface area (Å²) in [7, 11) is 1.57. The Bertz CT molecular complexity index is 494. The highest BCUT2D eigenvalue weighted by atomic mass is 16.5. The SMILES string of the molecule is COCC(=O)NCC1CN(Cc2ccc[nH]2)CC12CCCCC2. The number of rotatable bonds is 6. The van der Waals surface area contributed by atoms with E-state index < -0.39 is 0 Å². The molecule has 1 saturated heterocycles. The Kier molecular flexibility index (Phi) is 5.38. The number of H-pyrrole nitrogens is 1. The lowest BCUT2D eigenvalue weighted by molar-refractivity contribution is -0.125. The molecule has 3 rings (SSSR count). The fraction of sp³-hybridized carbons (Fsp3) is 0.722. The standard InChI is InChI=1S/C18H29N3O2/c1-23-13-17(22)20-10-15-11-21(12-16-6-5-9-19-16)14-18(15)7-3-2-4-8-18/h5-6,9,15,19H,2-4,7-8,10-14H2,1H3,(H,20,22). The maximum absolute atomic E-state index is 11.8. The quantitative estimate of drug-likeness (QED) is 0.845. The summed E-state index contributed by atoms with van der Waals surface area (Å²) in [6.07, 6.45) is 8.63. The molecule has 1 saturated carbocycles. The summed E-state index contributed by atoms with van der Waals surface area (Å²) in [4.78, 5) is 17.6. The molecular weight excluding hydrogens is 290 g/mol. The second-order valence-electron chi connectivity index (χ2n) is 7.22. The van der Waals surface area contributed by atoms with E-state index >= 15 is 0 Å². The average molecular weight is 319 g/mol. The van der Waals surface area contributed by atoms with Gasteiger partial charge in [-0.05, 0) is 36.3 Å². The van der Waals surface area contributed by atoms with E-state index in [4.69, 9.17) is 4.74 Å². The van der Waals surface area contributed by atoms with Crippen LogP contribution in [0.25, 0.3) is 0 Å². The van der Waals surface area contributed by atoms with Gasteiger partial charge in [-0.3, -0.25) is 9.69 Å². The zero-order valence-corrected chi connectivity index (χ0v) is 14.1. The number of likely N-dealkylation sites (tertiary alicyclic amines) is 1. The summed E-state index contributed by atoms with van der Waals surface area (Å²) in [6.45, 7) is 4.16. The topological polar surface area (TPSA) is 57.4 Å². The van der Waals surface area contributed by atoms with E-state index in [-0.39, 0.29) is 12.5 Å². The van der Waals surface area contributed by atoms with Gasteiger partial charge >= 0.3 is 0 Å². The zero-order chi connectivity index (χ0) is 16.1. The van der Waals surface area contributed by atoms with Crippen LogP contribution in [0.5, 0.6) is 0 Å². The number of aromatic nitrogens is 1. The molecule has 5 nitrogen and oxygen atoms in total. The predicted molar refractivity (Wildman–Crippen MR) is 90.0 cm³/mol. The third kappa shape index (κ3) is 3.96. The second-order valence-corrected chi connectivity index (χ2v) is 7.22. The van der Waals surface area contributed by atoms with Gasteiger partial charge in [0.15, 0.2) is 0 Å². The van der Waals surface area contributed by atoms with Gasteiger partial charge in [-0.15, -0.1) is 0 Å². The lowest BCUT2D eigenvalue weighted by Gasteiger charge is -2.38. The van der Waals surface area contributed by atoms with Crippen LogP contribution in [-0.2, 0) is 16.1 Å². The molecule has 2 aliphatic rings. The fourth-order valence-electron chi connectivity index (χ4n) is 4.49. The van der Waals surface area contributed by atoms with Gasteiger partial charge in [0.05, 0.1) is 0 Å². The molecule has 1 aliphatic carbocycles. The van der Waals surface area contributed by atoms with E-state index in [1.165, 1.54) is 37.8 Å². The first kappa shape index (κ1) is 16.5. The van der Waals surface area contributed by atoms with Crippen LogP contribution < -0.4 is 5.32 Å². The highest BCUT2D eigenvalue weighted by Gasteiger charge is 2.46. The lowest BCUT2D eigenvalue weighted by Crippen LogP contribution is -2.40. The summed E-state index contributed by atoms with van der Waals surface area (Å²) >= 11 is 0. The highest BCUT2D eigenvalue weighted by molar-refractivity contribution is 5.77. The number of hydrogen-bond acceptors (Lipinski definition) is 3. The van der Waals surface area contributed by atoms with Gasteiger partial charge in [-0.2, -0.15) is 0 Å². The molecule has 23 heavy (non-hydrogen) atoms. The summed E-state index contributed by atoms with van der Waals surface area (Å²) in [5.74, 6) is 0.555. The van der Waals surface area contributed by atoms with Gasteiger partial charge < -0.3 is 15.0 Å². The summed E-state index contributed by atoms with van der Waals surface area (Å²) in [6, 6.07) is 4.21. The number of hydrogen-bond donors (Lipinski definition) is 2. The van der Waals surface area contributed by atoms with Crippen LogP contribution in [0.3, 0.4) is 0 Å². The molecule has 0 bridgehead atoms. The Labute approximate surface area is 138 Å². The molecule has 5 heteroatoms. The van der Waals surface area contributed by atoms with Crippen LogP contribution in [0.1, 0.15) is 37.8 Å². The van der Waals surface area contributed by atoms with Crippen molar-refractivity contribution in [2.75, 3.05) is 33.4 Å². The monoisotopic (exact) mass is 319 g/mol. The van der Waals surface area contributed by atoms with E-state index in [0.29, 0.717) is 11.3 Å². The predicted octanol–water partition coefficient (Wildman–Crippen LogP) is 2.16. The summed E-state index contributed by atoms with van der Waals surface area (Å²) < 4.78 is 4.92. The Morgan fingerprint density at radius 3 is 2.96 bits per heavy atom. The molecule has 0 radical (unpaired) electrons. The van der Waals surface area contributed by atoms with Crippen LogP contribution in [-0.4, -0.2) is 49.1 Å². The van der Waals surface area contributed by atoms with Crippen LogP contribution in [0, 0.1) is 11.3 Å². The normalized spacial score (nSPS) is 24.1. The molecule has 1 aliphatic heterocycles.